The second-order valence-corrected chi connectivity index (χ2v) is 12.5. The first-order valence-electron chi connectivity index (χ1n) is 15.2. The summed E-state index contributed by atoms with van der Waals surface area (Å²) >= 11 is 0. The highest BCUT2D eigenvalue weighted by Crippen LogP contribution is 2.28. The van der Waals surface area contributed by atoms with Crippen LogP contribution in [0.1, 0.15) is 118 Å². The molecule has 0 saturated carbocycles. The summed E-state index contributed by atoms with van der Waals surface area (Å²) in [5.41, 5.74) is 5.81. The zero-order valence-electron chi connectivity index (χ0n) is 24.7. The van der Waals surface area contributed by atoms with Gasteiger partial charge in [0.05, 0.1) is 56.4 Å². The van der Waals surface area contributed by atoms with Crippen molar-refractivity contribution in [3.8, 4) is 0 Å². The fraction of sp³-hybridized carbons (Fsp3) is 1.00. The number of hydrogen-bond acceptors (Lipinski definition) is 7. The average molecular weight is 530 g/mol. The molecule has 0 aliphatic carbocycles. The second kappa shape index (κ2) is 17.4. The lowest BCUT2D eigenvalue weighted by Crippen LogP contribution is -2.57. The van der Waals surface area contributed by atoms with Crippen molar-refractivity contribution in [1.29, 1.82) is 0 Å². The van der Waals surface area contributed by atoms with E-state index in [0.29, 0.717) is 26.4 Å². The van der Waals surface area contributed by atoms with Crippen molar-refractivity contribution < 1.29 is 28.8 Å². The van der Waals surface area contributed by atoms with Crippen molar-refractivity contribution >= 4 is 0 Å². The number of aliphatic hydroxyl groups excluding tert-OH is 1. The minimum absolute atomic E-state index is 0.00463. The van der Waals surface area contributed by atoms with Gasteiger partial charge < -0.3 is 34.5 Å². The Labute approximate surface area is 227 Å². The van der Waals surface area contributed by atoms with Crippen LogP contribution in [0.25, 0.3) is 0 Å². The highest BCUT2D eigenvalue weighted by atomic mass is 16.6. The van der Waals surface area contributed by atoms with Gasteiger partial charge in [0.1, 0.15) is 18.3 Å². The summed E-state index contributed by atoms with van der Waals surface area (Å²) in [7, 11) is 0. The fourth-order valence-corrected chi connectivity index (χ4v) is 5.34. The molecule has 2 fully saturated rings. The molecule has 7 nitrogen and oxygen atoms in total. The van der Waals surface area contributed by atoms with Crippen LogP contribution in [0.3, 0.4) is 0 Å². The van der Waals surface area contributed by atoms with Crippen molar-refractivity contribution in [3.63, 3.8) is 0 Å². The Kier molecular flexibility index (Phi) is 15.5. The highest BCUT2D eigenvalue weighted by molar-refractivity contribution is 4.89. The van der Waals surface area contributed by atoms with Gasteiger partial charge in [0.15, 0.2) is 0 Å². The van der Waals surface area contributed by atoms with Gasteiger partial charge in [-0.15, -0.1) is 0 Å². The predicted octanol–water partition coefficient (Wildman–Crippen LogP) is 5.54. The molecule has 0 bridgehead atoms. The lowest BCUT2D eigenvalue weighted by molar-refractivity contribution is -0.242. The van der Waals surface area contributed by atoms with E-state index < -0.39 is 11.7 Å². The second-order valence-electron chi connectivity index (χ2n) is 12.5. The molecule has 37 heavy (non-hydrogen) atoms. The van der Waals surface area contributed by atoms with Crippen molar-refractivity contribution in [1.82, 2.24) is 0 Å². The topological polar surface area (TPSA) is 92.4 Å². The molecule has 0 unspecified atom stereocenters. The van der Waals surface area contributed by atoms with E-state index in [-0.39, 0.29) is 36.6 Å². The minimum atomic E-state index is -0.403. The molecule has 2 aliphatic heterocycles. The molecule has 2 heterocycles. The molecule has 7 heteroatoms. The highest BCUT2D eigenvalue weighted by Gasteiger charge is 2.40. The molecule has 0 aromatic heterocycles. The van der Waals surface area contributed by atoms with E-state index in [2.05, 4.69) is 20.8 Å². The van der Waals surface area contributed by atoms with Gasteiger partial charge in [0.2, 0.25) is 0 Å². The molecule has 0 radical (unpaired) electrons. The van der Waals surface area contributed by atoms with Gasteiger partial charge in [-0.05, 0) is 34.1 Å². The summed E-state index contributed by atoms with van der Waals surface area (Å²) in [4.78, 5) is 0. The Morgan fingerprint density at radius 1 is 0.757 bits per heavy atom. The normalized spacial score (nSPS) is 28.3. The van der Waals surface area contributed by atoms with Crippen LogP contribution in [0.4, 0.5) is 0 Å². The smallest absolute Gasteiger partial charge is 0.110 e. The van der Waals surface area contributed by atoms with Crippen LogP contribution in [0, 0.1) is 0 Å². The lowest BCUT2D eigenvalue weighted by atomic mass is 9.96. The van der Waals surface area contributed by atoms with Crippen molar-refractivity contribution in [2.24, 2.45) is 5.73 Å². The average Bonchev–Trinajstić information content (AvgIpc) is 2.85. The van der Waals surface area contributed by atoms with Crippen LogP contribution in [0.2, 0.25) is 0 Å². The fourth-order valence-electron chi connectivity index (χ4n) is 5.34. The van der Waals surface area contributed by atoms with E-state index in [1.807, 2.05) is 13.8 Å². The van der Waals surface area contributed by atoms with Gasteiger partial charge in [-0.3, -0.25) is 0 Å². The Balaban J connectivity index is 1.65. The number of nitrogens with two attached hydrogens (primary N) is 1. The van der Waals surface area contributed by atoms with E-state index in [1.54, 1.807) is 0 Å². The molecule has 0 aromatic rings. The molecule has 220 valence electrons. The van der Waals surface area contributed by atoms with E-state index in [0.717, 1.165) is 12.8 Å². The first-order chi connectivity index (χ1) is 17.7. The van der Waals surface area contributed by atoms with Crippen molar-refractivity contribution in [3.05, 3.63) is 0 Å². The van der Waals surface area contributed by atoms with Crippen molar-refractivity contribution in [2.45, 2.75) is 160 Å². The Bertz CT molecular complexity index is 586. The monoisotopic (exact) mass is 529 g/mol. The molecular weight excluding hydrogens is 470 g/mol. The molecule has 0 aromatic carbocycles. The number of unbranched alkanes of at least 4 members (excludes halogenated alkanes) is 11. The van der Waals surface area contributed by atoms with Crippen LogP contribution in [0.15, 0.2) is 0 Å². The minimum Gasteiger partial charge on any atom is -0.394 e. The lowest BCUT2D eigenvalue weighted by Gasteiger charge is -2.44. The summed E-state index contributed by atoms with van der Waals surface area (Å²) in [6.07, 6.45) is 16.1. The van der Waals surface area contributed by atoms with Gasteiger partial charge >= 0.3 is 0 Å². The summed E-state index contributed by atoms with van der Waals surface area (Å²) in [6.45, 7) is 11.9. The maximum Gasteiger partial charge on any atom is 0.110 e. The quantitative estimate of drug-likeness (QED) is 0.212. The van der Waals surface area contributed by atoms with Crippen LogP contribution >= 0.6 is 0 Å². The van der Waals surface area contributed by atoms with Crippen LogP contribution < -0.4 is 5.73 Å². The standard InChI is InChI=1S/C30H59NO6/c1-6-7-8-9-10-11-12-13-14-15-16-17-18-25-28(37-30(4,5)23-34-25)24(31)20-33-21-27-26(19-32)36-29(2,3)22-35-27/h24-28,32H,6-23,31H2,1-5H3/t24-,25+,26-,27-,28-/m0/s1. The summed E-state index contributed by atoms with van der Waals surface area (Å²) in [6, 6.07) is -0.296. The molecule has 0 amide bonds. The van der Waals surface area contributed by atoms with Gasteiger partial charge in [-0.25, -0.2) is 0 Å². The third-order valence-corrected chi connectivity index (χ3v) is 7.53. The van der Waals surface area contributed by atoms with E-state index in [9.17, 15) is 5.11 Å². The zero-order chi connectivity index (χ0) is 27.2. The number of rotatable bonds is 19. The Morgan fingerprint density at radius 3 is 1.84 bits per heavy atom. The Morgan fingerprint density at radius 2 is 1.27 bits per heavy atom. The summed E-state index contributed by atoms with van der Waals surface area (Å²) in [5.74, 6) is 0. The predicted molar refractivity (Wildman–Crippen MR) is 149 cm³/mol. The van der Waals surface area contributed by atoms with Gasteiger partial charge in [0.25, 0.3) is 0 Å². The van der Waals surface area contributed by atoms with E-state index in [4.69, 9.17) is 29.4 Å². The molecule has 2 saturated heterocycles. The zero-order valence-corrected chi connectivity index (χ0v) is 24.7. The largest absolute Gasteiger partial charge is 0.394 e. The number of hydrogen-bond donors (Lipinski definition) is 2. The van der Waals surface area contributed by atoms with E-state index in [1.165, 1.54) is 70.6 Å². The maximum atomic E-state index is 9.69. The molecular formula is C30H59NO6. The van der Waals surface area contributed by atoms with Gasteiger partial charge in [-0.1, -0.05) is 84.0 Å². The molecule has 3 N–H and O–H groups in total. The van der Waals surface area contributed by atoms with Crippen LogP contribution in [0.5, 0.6) is 0 Å². The SMILES string of the molecule is CCCCCCCCCCCCCC[C@H]1OCC(C)(C)O[C@H]1[C@@H](N)COC[C@@H]1OCC(C)(C)O[C@H]1CO. The summed E-state index contributed by atoms with van der Waals surface area (Å²) in [5, 5.41) is 9.69. The third kappa shape index (κ3) is 13.1. The van der Waals surface area contributed by atoms with E-state index >= 15 is 0 Å². The van der Waals surface area contributed by atoms with Gasteiger partial charge in [0, 0.05) is 0 Å². The molecule has 5 atom stereocenters. The first-order valence-corrected chi connectivity index (χ1v) is 15.2. The van der Waals surface area contributed by atoms with Crippen molar-refractivity contribution in [2.75, 3.05) is 33.0 Å². The number of ether oxygens (including phenoxy) is 5. The van der Waals surface area contributed by atoms with Gasteiger partial charge in [-0.2, -0.15) is 0 Å². The molecule has 2 aliphatic rings. The van der Waals surface area contributed by atoms with Crippen LogP contribution in [-0.2, 0) is 23.7 Å². The summed E-state index contributed by atoms with van der Waals surface area (Å²) < 4.78 is 30.4. The molecule has 0 spiro atoms. The number of aliphatic hydroxyl groups is 1. The Hall–Kier alpha value is -0.280. The molecule has 2 rings (SSSR count). The maximum absolute atomic E-state index is 9.69. The first kappa shape index (κ1) is 32.9. The van der Waals surface area contributed by atoms with Crippen LogP contribution in [-0.4, -0.2) is 79.8 Å². The third-order valence-electron chi connectivity index (χ3n) is 7.53.